The molecular weight excluding hydrogens is 200 g/mol. The average Bonchev–Trinajstić information content (AvgIpc) is 3.10. The summed E-state index contributed by atoms with van der Waals surface area (Å²) in [5.74, 6) is 1.24. The topological polar surface area (TPSA) is 23.6 Å². The van der Waals surface area contributed by atoms with Crippen molar-refractivity contribution in [1.82, 2.24) is 9.80 Å². The van der Waals surface area contributed by atoms with E-state index in [4.69, 9.17) is 0 Å². The third-order valence-corrected chi connectivity index (χ3v) is 4.15. The third-order valence-electron chi connectivity index (χ3n) is 4.15. The van der Waals surface area contributed by atoms with Crippen molar-refractivity contribution in [1.29, 1.82) is 0 Å². The van der Waals surface area contributed by atoms with Crippen molar-refractivity contribution in [2.45, 2.75) is 45.1 Å². The van der Waals surface area contributed by atoms with E-state index in [0.717, 1.165) is 18.8 Å². The second-order valence-corrected chi connectivity index (χ2v) is 5.43. The number of amides is 1. The molecular formula is C13H24N2O. The summed E-state index contributed by atoms with van der Waals surface area (Å²) in [7, 11) is 1.94. The zero-order chi connectivity index (χ0) is 11.5. The van der Waals surface area contributed by atoms with Crippen molar-refractivity contribution < 1.29 is 4.79 Å². The molecule has 0 unspecified atom stereocenters. The summed E-state index contributed by atoms with van der Waals surface area (Å²) >= 11 is 0. The first-order valence-electron chi connectivity index (χ1n) is 6.62. The molecule has 0 radical (unpaired) electrons. The first-order chi connectivity index (χ1) is 7.66. The van der Waals surface area contributed by atoms with Gasteiger partial charge in [-0.2, -0.15) is 0 Å². The van der Waals surface area contributed by atoms with Gasteiger partial charge in [0.1, 0.15) is 0 Å². The average molecular weight is 224 g/mol. The highest BCUT2D eigenvalue weighted by molar-refractivity contribution is 5.73. The number of carbonyl (C=O) groups is 1. The highest BCUT2D eigenvalue weighted by Gasteiger charge is 2.26. The van der Waals surface area contributed by atoms with Gasteiger partial charge in [0.15, 0.2) is 0 Å². The second kappa shape index (κ2) is 5.17. The molecule has 1 aliphatic carbocycles. The van der Waals surface area contributed by atoms with E-state index in [1.807, 2.05) is 11.9 Å². The minimum Gasteiger partial charge on any atom is -0.343 e. The van der Waals surface area contributed by atoms with Gasteiger partial charge in [-0.25, -0.2) is 0 Å². The lowest BCUT2D eigenvalue weighted by molar-refractivity contribution is -0.130. The van der Waals surface area contributed by atoms with E-state index in [-0.39, 0.29) is 5.91 Å². The number of likely N-dealkylation sites (tertiary alicyclic amines) is 1. The first kappa shape index (κ1) is 11.9. The van der Waals surface area contributed by atoms with Crippen LogP contribution >= 0.6 is 0 Å². The molecule has 2 fully saturated rings. The molecule has 3 nitrogen and oxygen atoms in total. The zero-order valence-electron chi connectivity index (χ0n) is 10.6. The zero-order valence-corrected chi connectivity index (χ0v) is 10.6. The van der Waals surface area contributed by atoms with Crippen LogP contribution in [0.25, 0.3) is 0 Å². The number of rotatable bonds is 4. The van der Waals surface area contributed by atoms with Crippen molar-refractivity contribution in [3.63, 3.8) is 0 Å². The van der Waals surface area contributed by atoms with Crippen LogP contribution in [0, 0.1) is 5.92 Å². The second-order valence-electron chi connectivity index (χ2n) is 5.43. The summed E-state index contributed by atoms with van der Waals surface area (Å²) in [6.07, 6.45) is 6.63. The van der Waals surface area contributed by atoms with E-state index in [9.17, 15) is 4.79 Å². The number of carbonyl (C=O) groups excluding carboxylic acids is 1. The SMILES string of the molecule is CC(=O)N(C)C1CCN(CCC2CC2)CC1. The standard InChI is InChI=1S/C13H24N2O/c1-11(16)14(2)13-6-9-15(10-7-13)8-5-12-3-4-12/h12-13H,3-10H2,1-2H3. The van der Waals surface area contributed by atoms with Gasteiger partial charge in [0.05, 0.1) is 0 Å². The molecule has 0 N–H and O–H groups in total. The van der Waals surface area contributed by atoms with Gasteiger partial charge >= 0.3 is 0 Å². The molecule has 1 heterocycles. The first-order valence-corrected chi connectivity index (χ1v) is 6.62. The molecule has 0 aromatic rings. The molecule has 0 atom stereocenters. The van der Waals surface area contributed by atoms with Crippen LogP contribution in [-0.2, 0) is 4.79 Å². The van der Waals surface area contributed by atoms with Gasteiger partial charge in [0.2, 0.25) is 5.91 Å². The Bertz CT molecular complexity index is 242. The van der Waals surface area contributed by atoms with Gasteiger partial charge in [-0.15, -0.1) is 0 Å². The summed E-state index contributed by atoms with van der Waals surface area (Å²) in [6, 6.07) is 0.481. The number of hydrogen-bond acceptors (Lipinski definition) is 2. The Hall–Kier alpha value is -0.570. The predicted octanol–water partition coefficient (Wildman–Crippen LogP) is 1.73. The Morgan fingerprint density at radius 3 is 2.38 bits per heavy atom. The van der Waals surface area contributed by atoms with Crippen LogP contribution in [0.2, 0.25) is 0 Å². The normalized spacial score (nSPS) is 23.4. The van der Waals surface area contributed by atoms with Gasteiger partial charge < -0.3 is 9.80 Å². The Labute approximate surface area is 98.8 Å². The summed E-state index contributed by atoms with van der Waals surface area (Å²) in [5.41, 5.74) is 0. The van der Waals surface area contributed by atoms with Crippen LogP contribution in [-0.4, -0.2) is 48.4 Å². The molecule has 1 saturated carbocycles. The highest BCUT2D eigenvalue weighted by Crippen LogP contribution is 2.32. The molecule has 0 bridgehead atoms. The van der Waals surface area contributed by atoms with Gasteiger partial charge in [-0.3, -0.25) is 4.79 Å². The molecule has 0 spiro atoms. The summed E-state index contributed by atoms with van der Waals surface area (Å²) in [5, 5.41) is 0. The quantitative estimate of drug-likeness (QED) is 0.726. The van der Waals surface area contributed by atoms with E-state index >= 15 is 0 Å². The maximum atomic E-state index is 11.3. The maximum Gasteiger partial charge on any atom is 0.219 e. The van der Waals surface area contributed by atoms with E-state index in [2.05, 4.69) is 4.90 Å². The van der Waals surface area contributed by atoms with Crippen molar-refractivity contribution in [2.24, 2.45) is 5.92 Å². The lowest BCUT2D eigenvalue weighted by Gasteiger charge is -2.36. The number of hydrogen-bond donors (Lipinski definition) is 0. The van der Waals surface area contributed by atoms with Crippen molar-refractivity contribution in [3.8, 4) is 0 Å². The fourth-order valence-electron chi connectivity index (χ4n) is 2.56. The summed E-state index contributed by atoms with van der Waals surface area (Å²) in [6.45, 7) is 5.30. The molecule has 16 heavy (non-hydrogen) atoms. The lowest BCUT2D eigenvalue weighted by Crippen LogP contribution is -2.45. The Kier molecular flexibility index (Phi) is 3.85. The maximum absolute atomic E-state index is 11.3. The van der Waals surface area contributed by atoms with Gasteiger partial charge in [0, 0.05) is 33.1 Å². The monoisotopic (exact) mass is 224 g/mol. The molecule has 0 aromatic heterocycles. The van der Waals surface area contributed by atoms with E-state index in [0.29, 0.717) is 6.04 Å². The largest absolute Gasteiger partial charge is 0.343 e. The van der Waals surface area contributed by atoms with Crippen LogP contribution in [0.1, 0.15) is 39.0 Å². The van der Waals surface area contributed by atoms with Crippen LogP contribution in [0.4, 0.5) is 0 Å². The van der Waals surface area contributed by atoms with Gasteiger partial charge in [0.25, 0.3) is 0 Å². The molecule has 2 rings (SSSR count). The van der Waals surface area contributed by atoms with Crippen molar-refractivity contribution in [3.05, 3.63) is 0 Å². The molecule has 0 aromatic carbocycles. The minimum absolute atomic E-state index is 0.205. The minimum atomic E-state index is 0.205. The number of nitrogens with zero attached hydrogens (tertiary/aromatic N) is 2. The van der Waals surface area contributed by atoms with Crippen molar-refractivity contribution >= 4 is 5.91 Å². The van der Waals surface area contributed by atoms with E-state index < -0.39 is 0 Å². The fraction of sp³-hybridized carbons (Fsp3) is 0.923. The van der Waals surface area contributed by atoms with Gasteiger partial charge in [-0.1, -0.05) is 12.8 Å². The lowest BCUT2D eigenvalue weighted by atomic mass is 10.0. The fourth-order valence-corrected chi connectivity index (χ4v) is 2.56. The van der Waals surface area contributed by atoms with E-state index in [1.54, 1.807) is 6.92 Å². The van der Waals surface area contributed by atoms with Crippen LogP contribution in [0.5, 0.6) is 0 Å². The van der Waals surface area contributed by atoms with Crippen LogP contribution in [0.3, 0.4) is 0 Å². The molecule has 92 valence electrons. The highest BCUT2D eigenvalue weighted by atomic mass is 16.2. The number of piperidine rings is 1. The Morgan fingerprint density at radius 1 is 1.25 bits per heavy atom. The summed E-state index contributed by atoms with van der Waals surface area (Å²) in [4.78, 5) is 15.7. The molecule has 1 amide bonds. The van der Waals surface area contributed by atoms with Crippen LogP contribution < -0.4 is 0 Å². The molecule has 1 aliphatic heterocycles. The molecule has 3 heteroatoms. The Balaban J connectivity index is 1.66. The van der Waals surface area contributed by atoms with Crippen molar-refractivity contribution in [2.75, 3.05) is 26.7 Å². The third kappa shape index (κ3) is 3.21. The Morgan fingerprint density at radius 2 is 1.88 bits per heavy atom. The predicted molar refractivity (Wildman–Crippen MR) is 65.2 cm³/mol. The van der Waals surface area contributed by atoms with Gasteiger partial charge in [-0.05, 0) is 31.7 Å². The molecule has 1 saturated heterocycles. The smallest absolute Gasteiger partial charge is 0.219 e. The van der Waals surface area contributed by atoms with E-state index in [1.165, 1.54) is 38.9 Å². The summed E-state index contributed by atoms with van der Waals surface area (Å²) < 4.78 is 0. The molecule has 2 aliphatic rings. The van der Waals surface area contributed by atoms with Crippen LogP contribution in [0.15, 0.2) is 0 Å².